The van der Waals surface area contributed by atoms with E-state index in [0.29, 0.717) is 0 Å². The van der Waals surface area contributed by atoms with Crippen LogP contribution in [0, 0.1) is 0 Å². The van der Waals surface area contributed by atoms with E-state index >= 15 is 0 Å². The van der Waals surface area contributed by atoms with Crippen LogP contribution in [-0.4, -0.2) is 9.55 Å². The SMILES string of the molecule is c1ccc(-c2ccc(-c3nc(-n4c5ccccc5c5c6ccccc6c6c7ccccc7sc6c54)cc4ccccc34)cc2)cc1. The first kappa shape index (κ1) is 25.5. The van der Waals surface area contributed by atoms with Gasteiger partial charge in [-0.2, -0.15) is 0 Å². The summed E-state index contributed by atoms with van der Waals surface area (Å²) in [6.45, 7) is 0. The van der Waals surface area contributed by atoms with E-state index < -0.39 is 0 Å². The molecule has 0 aliphatic heterocycles. The van der Waals surface area contributed by atoms with Crippen molar-refractivity contribution in [3.05, 3.63) is 158 Å². The average Bonchev–Trinajstić information content (AvgIpc) is 3.69. The number of nitrogens with zero attached hydrogens (tertiary/aromatic N) is 2. The standard InChI is InChI=1S/C43H26N2S/c1-2-12-27(13-3-1)28-22-24-29(25-23-28)41-31-15-5-4-14-30(31)26-38(44-41)45-36-20-10-8-18-34(36)39-32-16-6-7-17-33(32)40-35-19-9-11-21-37(35)46-43(40)42(39)45/h1-26H. The lowest BCUT2D eigenvalue weighted by molar-refractivity contribution is 1.10. The number of para-hydroxylation sites is 1. The highest BCUT2D eigenvalue weighted by molar-refractivity contribution is 7.27. The summed E-state index contributed by atoms with van der Waals surface area (Å²) < 4.78 is 5.02. The normalized spacial score (nSPS) is 11.9. The fourth-order valence-electron chi connectivity index (χ4n) is 7.33. The molecule has 3 heterocycles. The zero-order valence-corrected chi connectivity index (χ0v) is 25.6. The van der Waals surface area contributed by atoms with Crippen LogP contribution in [0.1, 0.15) is 0 Å². The molecule has 0 aliphatic rings. The first-order valence-corrected chi connectivity index (χ1v) is 16.5. The number of thiophene rings is 1. The lowest BCUT2D eigenvalue weighted by Crippen LogP contribution is -2.00. The third-order valence-corrected chi connectivity index (χ3v) is 10.5. The summed E-state index contributed by atoms with van der Waals surface area (Å²) in [5.41, 5.74) is 6.91. The Hall–Kier alpha value is -5.77. The van der Waals surface area contributed by atoms with E-state index in [1.54, 1.807) is 0 Å². The minimum Gasteiger partial charge on any atom is -0.292 e. The quantitative estimate of drug-likeness (QED) is 0.197. The fourth-order valence-corrected chi connectivity index (χ4v) is 8.59. The summed E-state index contributed by atoms with van der Waals surface area (Å²) in [4.78, 5) is 5.52. The van der Waals surface area contributed by atoms with Gasteiger partial charge in [0.15, 0.2) is 0 Å². The maximum absolute atomic E-state index is 5.52. The van der Waals surface area contributed by atoms with Gasteiger partial charge in [-0.3, -0.25) is 4.57 Å². The lowest BCUT2D eigenvalue weighted by atomic mass is 9.99. The molecule has 0 radical (unpaired) electrons. The van der Waals surface area contributed by atoms with Crippen LogP contribution in [0.25, 0.3) is 91.7 Å². The molecule has 0 bridgehead atoms. The second kappa shape index (κ2) is 9.87. The predicted molar refractivity (Wildman–Crippen MR) is 197 cm³/mol. The van der Waals surface area contributed by atoms with Gasteiger partial charge >= 0.3 is 0 Å². The van der Waals surface area contributed by atoms with Crippen LogP contribution < -0.4 is 0 Å². The topological polar surface area (TPSA) is 17.8 Å². The highest BCUT2D eigenvalue weighted by atomic mass is 32.1. The van der Waals surface area contributed by atoms with Gasteiger partial charge in [-0.05, 0) is 45.5 Å². The predicted octanol–water partition coefficient (Wildman–Crippen LogP) is 12.2. The molecule has 3 heteroatoms. The first-order chi connectivity index (χ1) is 22.8. The summed E-state index contributed by atoms with van der Waals surface area (Å²) in [6.07, 6.45) is 0. The monoisotopic (exact) mass is 602 g/mol. The molecule has 10 rings (SSSR count). The van der Waals surface area contributed by atoms with E-state index in [9.17, 15) is 0 Å². The zero-order valence-electron chi connectivity index (χ0n) is 24.8. The Labute approximate surface area is 269 Å². The molecule has 0 N–H and O–H groups in total. The number of rotatable bonds is 3. The maximum Gasteiger partial charge on any atom is 0.138 e. The van der Waals surface area contributed by atoms with E-state index in [4.69, 9.17) is 4.98 Å². The molecule has 2 nitrogen and oxygen atoms in total. The number of benzene rings is 7. The minimum atomic E-state index is 0.932. The van der Waals surface area contributed by atoms with Crippen molar-refractivity contribution >= 4 is 74.9 Å². The van der Waals surface area contributed by atoms with Crippen molar-refractivity contribution in [1.82, 2.24) is 9.55 Å². The lowest BCUT2D eigenvalue weighted by Gasteiger charge is -2.14. The smallest absolute Gasteiger partial charge is 0.138 e. The highest BCUT2D eigenvalue weighted by Crippen LogP contribution is 2.48. The van der Waals surface area contributed by atoms with Gasteiger partial charge in [0.25, 0.3) is 0 Å². The summed E-state index contributed by atoms with van der Waals surface area (Å²) in [5.74, 6) is 0.932. The molecular formula is C43H26N2S. The average molecular weight is 603 g/mol. The fraction of sp³-hybridized carbons (Fsp3) is 0. The van der Waals surface area contributed by atoms with Gasteiger partial charge in [-0.1, -0.05) is 140 Å². The Balaban J connectivity index is 1.33. The van der Waals surface area contributed by atoms with Crippen LogP contribution >= 0.6 is 11.3 Å². The third-order valence-electron chi connectivity index (χ3n) is 9.37. The van der Waals surface area contributed by atoms with Crippen molar-refractivity contribution in [2.24, 2.45) is 0 Å². The van der Waals surface area contributed by atoms with E-state index in [0.717, 1.165) is 22.5 Å². The highest BCUT2D eigenvalue weighted by Gasteiger charge is 2.22. The zero-order chi connectivity index (χ0) is 30.2. The number of pyridine rings is 1. The summed E-state index contributed by atoms with van der Waals surface area (Å²) >= 11 is 1.89. The number of fused-ring (bicyclic) bond motifs is 11. The Morgan fingerprint density at radius 2 is 1.04 bits per heavy atom. The van der Waals surface area contributed by atoms with Crippen molar-refractivity contribution in [1.29, 1.82) is 0 Å². The van der Waals surface area contributed by atoms with Crippen molar-refractivity contribution in [2.45, 2.75) is 0 Å². The Morgan fingerprint density at radius 1 is 0.457 bits per heavy atom. The van der Waals surface area contributed by atoms with Crippen LogP contribution in [0.5, 0.6) is 0 Å². The summed E-state index contributed by atoms with van der Waals surface area (Å²) in [5, 5.41) is 10.1. The molecule has 0 saturated carbocycles. The number of hydrogen-bond donors (Lipinski definition) is 0. The van der Waals surface area contributed by atoms with Gasteiger partial charge < -0.3 is 0 Å². The van der Waals surface area contributed by atoms with Crippen LogP contribution in [0.2, 0.25) is 0 Å². The van der Waals surface area contributed by atoms with Crippen LogP contribution in [0.15, 0.2) is 158 Å². The molecule has 0 spiro atoms. The van der Waals surface area contributed by atoms with Gasteiger partial charge in [0.05, 0.1) is 21.4 Å². The van der Waals surface area contributed by atoms with Crippen LogP contribution in [0.3, 0.4) is 0 Å². The largest absolute Gasteiger partial charge is 0.292 e. The molecule has 0 atom stereocenters. The van der Waals surface area contributed by atoms with Crippen molar-refractivity contribution in [3.8, 4) is 28.2 Å². The molecule has 0 fully saturated rings. The summed E-state index contributed by atoms with van der Waals surface area (Å²) in [6, 6.07) is 56.8. The number of hydrogen-bond acceptors (Lipinski definition) is 2. The van der Waals surface area contributed by atoms with Crippen LogP contribution in [-0.2, 0) is 0 Å². The minimum absolute atomic E-state index is 0.932. The van der Waals surface area contributed by atoms with Crippen molar-refractivity contribution in [3.63, 3.8) is 0 Å². The van der Waals surface area contributed by atoms with Crippen molar-refractivity contribution < 1.29 is 0 Å². The van der Waals surface area contributed by atoms with Gasteiger partial charge in [0.1, 0.15) is 5.82 Å². The second-order valence-electron chi connectivity index (χ2n) is 11.9. The van der Waals surface area contributed by atoms with E-state index in [2.05, 4.69) is 162 Å². The molecule has 0 aliphatic carbocycles. The third kappa shape index (κ3) is 3.67. The molecule has 0 unspecified atom stereocenters. The maximum atomic E-state index is 5.52. The molecule has 10 aromatic rings. The Bertz CT molecular complexity index is 2790. The van der Waals surface area contributed by atoms with Gasteiger partial charge in [0, 0.05) is 37.2 Å². The van der Waals surface area contributed by atoms with Crippen molar-refractivity contribution in [2.75, 3.05) is 0 Å². The van der Waals surface area contributed by atoms with E-state index in [-0.39, 0.29) is 0 Å². The Kier molecular flexibility index (Phi) is 5.48. The Morgan fingerprint density at radius 3 is 1.85 bits per heavy atom. The molecule has 46 heavy (non-hydrogen) atoms. The second-order valence-corrected chi connectivity index (χ2v) is 13.0. The molecule has 0 amide bonds. The van der Waals surface area contributed by atoms with E-state index in [1.165, 1.54) is 69.3 Å². The summed E-state index contributed by atoms with van der Waals surface area (Å²) in [7, 11) is 0. The molecule has 214 valence electrons. The molecule has 3 aromatic heterocycles. The van der Waals surface area contributed by atoms with Gasteiger partial charge in [-0.15, -0.1) is 11.3 Å². The van der Waals surface area contributed by atoms with Gasteiger partial charge in [-0.25, -0.2) is 4.98 Å². The van der Waals surface area contributed by atoms with Crippen LogP contribution in [0.4, 0.5) is 0 Å². The number of aromatic nitrogens is 2. The molecule has 0 saturated heterocycles. The van der Waals surface area contributed by atoms with E-state index in [1.807, 2.05) is 11.3 Å². The molecular weight excluding hydrogens is 577 g/mol. The van der Waals surface area contributed by atoms with Gasteiger partial charge in [0.2, 0.25) is 0 Å². The molecule has 7 aromatic carbocycles. The first-order valence-electron chi connectivity index (χ1n) is 15.6.